The van der Waals surface area contributed by atoms with E-state index in [0.29, 0.717) is 10.9 Å². The average Bonchev–Trinajstić information content (AvgIpc) is 2.38. The van der Waals surface area contributed by atoms with Crippen molar-refractivity contribution in [3.05, 3.63) is 42.0 Å². The van der Waals surface area contributed by atoms with Crippen molar-refractivity contribution in [2.75, 3.05) is 0 Å². The first kappa shape index (κ1) is 15.3. The first-order valence-electron chi connectivity index (χ1n) is 5.69. The lowest BCUT2D eigenvalue weighted by Gasteiger charge is -2.13. The van der Waals surface area contributed by atoms with Crippen LogP contribution in [0.3, 0.4) is 0 Å². The maximum absolute atomic E-state index is 11.5. The molecule has 0 bridgehead atoms. The maximum atomic E-state index is 11.5. The summed E-state index contributed by atoms with van der Waals surface area (Å²) in [6.45, 7) is 5.80. The van der Waals surface area contributed by atoms with Gasteiger partial charge in [0.1, 0.15) is 11.7 Å². The predicted octanol–water partition coefficient (Wildman–Crippen LogP) is 3.03. The van der Waals surface area contributed by atoms with Gasteiger partial charge in [0.15, 0.2) is 0 Å². The molecule has 0 aliphatic heterocycles. The molecule has 2 aromatic carbocycles. The highest BCUT2D eigenvalue weighted by atomic mass is 32.2. The number of rotatable bonds is 2. The lowest BCUT2D eigenvalue weighted by atomic mass is 9.99. The van der Waals surface area contributed by atoms with Crippen LogP contribution in [-0.2, 0) is 14.9 Å². The van der Waals surface area contributed by atoms with Crippen LogP contribution >= 0.6 is 0 Å². The highest BCUT2D eigenvalue weighted by Crippen LogP contribution is 2.31. The van der Waals surface area contributed by atoms with Crippen molar-refractivity contribution in [1.82, 2.24) is 0 Å². The molecule has 0 spiro atoms. The van der Waals surface area contributed by atoms with E-state index in [-0.39, 0.29) is 10.8 Å². The van der Waals surface area contributed by atoms with Crippen molar-refractivity contribution >= 4 is 27.7 Å². The quantitative estimate of drug-likeness (QED) is 0.858. The molecular weight excluding hydrogens is 264 g/mol. The minimum absolute atomic E-state index is 0.0330. The molecule has 0 aliphatic carbocycles. The summed E-state index contributed by atoms with van der Waals surface area (Å²) in [6, 6.07) is 10.8. The molecule has 2 rings (SSSR count). The van der Waals surface area contributed by atoms with E-state index in [1.54, 1.807) is 18.2 Å². The lowest BCUT2D eigenvalue weighted by molar-refractivity contribution is -0.0979. The van der Waals surface area contributed by atoms with Crippen molar-refractivity contribution in [2.45, 2.75) is 24.7 Å². The Labute approximate surface area is 112 Å². The Hall–Kier alpha value is -1.72. The van der Waals surface area contributed by atoms with Crippen LogP contribution in [-0.4, -0.2) is 19.8 Å². The van der Waals surface area contributed by atoms with E-state index in [9.17, 15) is 13.0 Å². The van der Waals surface area contributed by atoms with Crippen LogP contribution < -0.4 is 0 Å². The summed E-state index contributed by atoms with van der Waals surface area (Å²) in [5, 5.41) is 1.38. The van der Waals surface area contributed by atoms with Crippen molar-refractivity contribution in [1.29, 1.82) is 0 Å². The van der Waals surface area contributed by atoms with Gasteiger partial charge in [-0.1, -0.05) is 50.2 Å². The molecular formula is C14H16O4S. The van der Waals surface area contributed by atoms with Crippen LogP contribution in [0.1, 0.15) is 25.3 Å². The average molecular weight is 280 g/mol. The number of carbonyl (C=O) groups excluding carboxylic acids is 1. The molecule has 5 heteroatoms. The van der Waals surface area contributed by atoms with Gasteiger partial charge in [-0.25, -0.2) is 0 Å². The van der Waals surface area contributed by atoms with Gasteiger partial charge in [0, 0.05) is 5.39 Å². The number of hydrogen-bond acceptors (Lipinski definition) is 3. The molecule has 102 valence electrons. The van der Waals surface area contributed by atoms with Crippen LogP contribution in [0.25, 0.3) is 10.8 Å². The predicted molar refractivity (Wildman–Crippen MR) is 75.0 cm³/mol. The Balaban J connectivity index is 0.000000861. The summed E-state index contributed by atoms with van der Waals surface area (Å²) in [5.41, 5.74) is 0.645. The maximum Gasteiger partial charge on any atom is 0.295 e. The first-order valence-corrected chi connectivity index (χ1v) is 7.13. The number of fused-ring (bicyclic) bond motifs is 1. The summed E-state index contributed by atoms with van der Waals surface area (Å²) >= 11 is 0. The molecule has 2 aromatic rings. The Kier molecular flexibility index (Phi) is 4.80. The molecule has 0 unspecified atom stereocenters. The summed E-state index contributed by atoms with van der Waals surface area (Å²) in [6.07, 6.45) is 0. The SMILES string of the molecule is C=O.CC(C)c1ccc2ccccc2c1S(=O)(=O)O. The zero-order chi connectivity index (χ0) is 14.6. The van der Waals surface area contributed by atoms with Crippen molar-refractivity contribution in [3.8, 4) is 0 Å². The van der Waals surface area contributed by atoms with Gasteiger partial charge in [0.25, 0.3) is 10.1 Å². The van der Waals surface area contributed by atoms with Crippen LogP contribution in [0.5, 0.6) is 0 Å². The molecule has 0 aromatic heterocycles. The third-order valence-corrected chi connectivity index (χ3v) is 3.76. The van der Waals surface area contributed by atoms with Gasteiger partial charge in [-0.05, 0) is 16.9 Å². The Morgan fingerprint density at radius 2 is 1.63 bits per heavy atom. The molecule has 0 atom stereocenters. The Bertz CT molecular complexity index is 675. The minimum atomic E-state index is -4.21. The van der Waals surface area contributed by atoms with Crippen LogP contribution in [0.4, 0.5) is 0 Å². The lowest BCUT2D eigenvalue weighted by Crippen LogP contribution is -2.05. The molecule has 0 radical (unpaired) electrons. The molecule has 0 aliphatic rings. The summed E-state index contributed by atoms with van der Waals surface area (Å²) < 4.78 is 32.4. The number of carbonyl (C=O) groups is 1. The molecule has 19 heavy (non-hydrogen) atoms. The third-order valence-electron chi connectivity index (χ3n) is 2.79. The highest BCUT2D eigenvalue weighted by molar-refractivity contribution is 7.86. The topological polar surface area (TPSA) is 71.4 Å². The van der Waals surface area contributed by atoms with Gasteiger partial charge < -0.3 is 4.79 Å². The van der Waals surface area contributed by atoms with E-state index in [1.165, 1.54) is 0 Å². The van der Waals surface area contributed by atoms with Gasteiger partial charge in [-0.3, -0.25) is 4.55 Å². The van der Waals surface area contributed by atoms with Gasteiger partial charge in [-0.2, -0.15) is 8.42 Å². The normalized spacial score (nSPS) is 11.2. The zero-order valence-electron chi connectivity index (χ0n) is 10.8. The van der Waals surface area contributed by atoms with Gasteiger partial charge in [0.05, 0.1) is 0 Å². The number of benzene rings is 2. The van der Waals surface area contributed by atoms with Crippen LogP contribution in [0, 0.1) is 0 Å². The monoisotopic (exact) mass is 280 g/mol. The minimum Gasteiger partial charge on any atom is -0.307 e. The summed E-state index contributed by atoms with van der Waals surface area (Å²) in [7, 11) is -4.21. The molecule has 1 N–H and O–H groups in total. The fourth-order valence-electron chi connectivity index (χ4n) is 2.00. The molecule has 4 nitrogen and oxygen atoms in total. The Morgan fingerprint density at radius 1 is 1.05 bits per heavy atom. The van der Waals surface area contributed by atoms with E-state index in [2.05, 4.69) is 0 Å². The van der Waals surface area contributed by atoms with E-state index in [4.69, 9.17) is 4.79 Å². The number of hydrogen-bond donors (Lipinski definition) is 1. The largest absolute Gasteiger partial charge is 0.307 e. The fourth-order valence-corrected chi connectivity index (χ4v) is 3.07. The van der Waals surface area contributed by atoms with Gasteiger partial charge in [0.2, 0.25) is 0 Å². The van der Waals surface area contributed by atoms with E-state index >= 15 is 0 Å². The van der Waals surface area contributed by atoms with Crippen molar-refractivity contribution in [2.24, 2.45) is 0 Å². The van der Waals surface area contributed by atoms with Gasteiger partial charge in [-0.15, -0.1) is 0 Å². The zero-order valence-corrected chi connectivity index (χ0v) is 11.6. The summed E-state index contributed by atoms with van der Waals surface area (Å²) in [5.74, 6) is 0.0385. The third kappa shape index (κ3) is 3.19. The first-order chi connectivity index (χ1) is 8.91. The van der Waals surface area contributed by atoms with Gasteiger partial charge >= 0.3 is 0 Å². The molecule has 0 fully saturated rings. The van der Waals surface area contributed by atoms with E-state index in [0.717, 1.165) is 5.39 Å². The van der Waals surface area contributed by atoms with Crippen LogP contribution in [0.2, 0.25) is 0 Å². The molecule has 0 amide bonds. The standard InChI is InChI=1S/C13H14O3S.CH2O/c1-9(2)11-8-7-10-5-3-4-6-12(10)13(11)17(14,15)16;1-2/h3-9H,1-2H3,(H,14,15,16);1H2. The van der Waals surface area contributed by atoms with E-state index < -0.39 is 10.1 Å². The summed E-state index contributed by atoms with van der Waals surface area (Å²) in [4.78, 5) is 8.03. The smallest absolute Gasteiger partial charge is 0.295 e. The highest BCUT2D eigenvalue weighted by Gasteiger charge is 2.20. The van der Waals surface area contributed by atoms with Crippen LogP contribution in [0.15, 0.2) is 41.3 Å². The van der Waals surface area contributed by atoms with Crippen molar-refractivity contribution < 1.29 is 17.8 Å². The second kappa shape index (κ2) is 5.95. The second-order valence-corrected chi connectivity index (χ2v) is 5.69. The molecule has 0 saturated carbocycles. The second-order valence-electron chi connectivity index (χ2n) is 4.33. The van der Waals surface area contributed by atoms with Crippen molar-refractivity contribution in [3.63, 3.8) is 0 Å². The molecule has 0 heterocycles. The Morgan fingerprint density at radius 3 is 2.16 bits per heavy atom. The molecule has 0 saturated heterocycles. The fraction of sp³-hybridized carbons (Fsp3) is 0.214. The van der Waals surface area contributed by atoms with E-state index in [1.807, 2.05) is 38.8 Å².